The van der Waals surface area contributed by atoms with Gasteiger partial charge < -0.3 is 31.3 Å². The molecule has 9 nitrogen and oxygen atoms in total. The second-order valence-electron chi connectivity index (χ2n) is 7.59. The van der Waals surface area contributed by atoms with Gasteiger partial charge in [0.1, 0.15) is 0 Å². The quantitative estimate of drug-likeness (QED) is 0.148. The van der Waals surface area contributed by atoms with Crippen molar-refractivity contribution in [1.82, 2.24) is 0 Å². The third-order valence-corrected chi connectivity index (χ3v) is 11.5. The Morgan fingerprint density at radius 1 is 0.647 bits per heavy atom. The molecule has 0 aliphatic carbocycles. The molecule has 0 N–H and O–H groups in total. The maximum atomic E-state index is 13.0. The highest BCUT2D eigenvalue weighted by Crippen LogP contribution is 2.35. The van der Waals surface area contributed by atoms with Crippen LogP contribution in [0.25, 0.3) is 0 Å². The van der Waals surface area contributed by atoms with Crippen molar-refractivity contribution in [2.45, 2.75) is 86.2 Å². The molecule has 0 aliphatic rings. The largest absolute Gasteiger partial charge is 0.500 e. The van der Waals surface area contributed by atoms with Crippen molar-refractivity contribution in [2.75, 3.05) is 46.2 Å². The van der Waals surface area contributed by atoms with E-state index < -0.39 is 29.0 Å². The predicted octanol–water partition coefficient (Wildman–Crippen LogP) is 4.72. The maximum Gasteiger partial charge on any atom is 0.500 e. The standard InChI is InChI=1S/C23H47NO8Si2/c1-8-26-22(25)23(21-24,17-15-19-33(27-9-2,28-10-3)29-11-4)18-16-20-34(30-12-5,31-13-6)32-14-7/h8-20H2,1-7H3. The zero-order valence-corrected chi connectivity index (χ0v) is 24.4. The van der Waals surface area contributed by atoms with Crippen LogP contribution in [0.5, 0.6) is 0 Å². The summed E-state index contributed by atoms with van der Waals surface area (Å²) in [6.07, 6.45) is 1.75. The Morgan fingerprint density at radius 2 is 0.971 bits per heavy atom. The van der Waals surface area contributed by atoms with Crippen molar-refractivity contribution in [3.63, 3.8) is 0 Å². The number of nitriles is 1. The van der Waals surface area contributed by atoms with Gasteiger partial charge >= 0.3 is 23.6 Å². The van der Waals surface area contributed by atoms with Crippen molar-refractivity contribution in [3.05, 3.63) is 0 Å². The zero-order chi connectivity index (χ0) is 25.9. The Bertz CT molecular complexity index is 522. The Kier molecular flexibility index (Phi) is 18.0. The fourth-order valence-corrected chi connectivity index (χ4v) is 9.20. The first kappa shape index (κ1) is 33.2. The molecule has 0 aliphatic heterocycles. The van der Waals surface area contributed by atoms with Gasteiger partial charge in [0.05, 0.1) is 12.7 Å². The summed E-state index contributed by atoms with van der Waals surface area (Å²) in [6, 6.07) is 3.33. The van der Waals surface area contributed by atoms with Crippen molar-refractivity contribution in [2.24, 2.45) is 5.41 Å². The van der Waals surface area contributed by atoms with Crippen LogP contribution in [0.3, 0.4) is 0 Å². The first-order valence-electron chi connectivity index (χ1n) is 12.7. The molecular formula is C23H47NO8Si2. The topological polar surface area (TPSA) is 105 Å². The molecule has 0 heterocycles. The van der Waals surface area contributed by atoms with Gasteiger partial charge in [-0.3, -0.25) is 4.79 Å². The summed E-state index contributed by atoms with van der Waals surface area (Å²) in [6.45, 7) is 16.3. The molecule has 0 spiro atoms. The van der Waals surface area contributed by atoms with Crippen molar-refractivity contribution in [3.8, 4) is 6.07 Å². The van der Waals surface area contributed by atoms with E-state index in [1.54, 1.807) is 6.92 Å². The summed E-state index contributed by atoms with van der Waals surface area (Å²) >= 11 is 0. The van der Waals surface area contributed by atoms with E-state index in [2.05, 4.69) is 6.07 Å². The van der Waals surface area contributed by atoms with E-state index in [0.29, 0.717) is 77.4 Å². The zero-order valence-electron chi connectivity index (χ0n) is 22.4. The summed E-state index contributed by atoms with van der Waals surface area (Å²) in [5.74, 6) is -0.495. The van der Waals surface area contributed by atoms with E-state index in [-0.39, 0.29) is 6.61 Å². The Hall–Kier alpha value is -0.846. The normalized spacial score (nSPS) is 12.5. The van der Waals surface area contributed by atoms with Crippen LogP contribution in [0.1, 0.15) is 74.1 Å². The van der Waals surface area contributed by atoms with E-state index >= 15 is 0 Å². The van der Waals surface area contributed by atoms with Gasteiger partial charge in [-0.05, 0) is 74.1 Å². The number of ether oxygens (including phenoxy) is 1. The highest BCUT2D eigenvalue weighted by Gasteiger charge is 2.46. The number of nitrogens with zero attached hydrogens (tertiary/aromatic N) is 1. The number of rotatable bonds is 22. The van der Waals surface area contributed by atoms with E-state index in [1.165, 1.54) is 0 Å². The lowest BCUT2D eigenvalue weighted by atomic mass is 9.81. The van der Waals surface area contributed by atoms with Gasteiger partial charge in [0.25, 0.3) is 0 Å². The SMILES string of the molecule is CCOC(=O)C(C#N)(CCC[Si](OCC)(OCC)OCC)CCC[Si](OCC)(OCC)OCC. The molecule has 0 aromatic carbocycles. The van der Waals surface area contributed by atoms with Crippen molar-refractivity contribution < 1.29 is 36.1 Å². The molecule has 0 aromatic rings. The number of hydrogen-bond donors (Lipinski definition) is 0. The van der Waals surface area contributed by atoms with Gasteiger partial charge in [-0.2, -0.15) is 5.26 Å². The Balaban J connectivity index is 5.55. The van der Waals surface area contributed by atoms with Crippen LogP contribution in [0.15, 0.2) is 0 Å². The van der Waals surface area contributed by atoms with Gasteiger partial charge in [-0.15, -0.1) is 0 Å². The average molecular weight is 522 g/mol. The molecule has 0 saturated heterocycles. The molecule has 0 aromatic heterocycles. The Labute approximate surface area is 209 Å². The molecule has 0 fully saturated rings. The molecule has 0 radical (unpaired) electrons. The van der Waals surface area contributed by atoms with E-state index in [9.17, 15) is 10.1 Å². The number of hydrogen-bond acceptors (Lipinski definition) is 9. The third kappa shape index (κ3) is 10.8. The second kappa shape index (κ2) is 18.4. The van der Waals surface area contributed by atoms with Gasteiger partial charge in [-0.1, -0.05) is 0 Å². The van der Waals surface area contributed by atoms with Crippen molar-refractivity contribution >= 4 is 23.6 Å². The molecule has 200 valence electrons. The average Bonchev–Trinajstić information content (AvgIpc) is 2.79. The summed E-state index contributed by atoms with van der Waals surface area (Å²) in [7, 11) is -5.74. The lowest BCUT2D eigenvalue weighted by molar-refractivity contribution is -0.152. The van der Waals surface area contributed by atoms with Gasteiger partial charge in [-0.25, -0.2) is 0 Å². The minimum absolute atomic E-state index is 0.216. The predicted molar refractivity (Wildman–Crippen MR) is 134 cm³/mol. The van der Waals surface area contributed by atoms with E-state index in [4.69, 9.17) is 31.3 Å². The molecule has 11 heteroatoms. The molecule has 0 rings (SSSR count). The summed E-state index contributed by atoms with van der Waals surface area (Å²) in [4.78, 5) is 13.0. The highest BCUT2D eigenvalue weighted by atomic mass is 28.4. The number of esters is 1. The fourth-order valence-electron chi connectivity index (χ4n) is 3.97. The lowest BCUT2D eigenvalue weighted by Gasteiger charge is -2.31. The fraction of sp³-hybridized carbons (Fsp3) is 0.913. The van der Waals surface area contributed by atoms with Crippen LogP contribution in [0, 0.1) is 16.7 Å². The highest BCUT2D eigenvalue weighted by molar-refractivity contribution is 6.61. The van der Waals surface area contributed by atoms with E-state index in [1.807, 2.05) is 41.5 Å². The van der Waals surface area contributed by atoms with Crippen LogP contribution < -0.4 is 0 Å². The van der Waals surface area contributed by atoms with Crippen LogP contribution >= 0.6 is 0 Å². The van der Waals surface area contributed by atoms with Gasteiger partial charge in [0.15, 0.2) is 5.41 Å². The molecule has 0 amide bonds. The summed E-state index contributed by atoms with van der Waals surface area (Å²) in [5, 5.41) is 10.1. The van der Waals surface area contributed by atoms with Crippen molar-refractivity contribution in [1.29, 1.82) is 5.26 Å². The van der Waals surface area contributed by atoms with Crippen LogP contribution in [-0.2, 0) is 36.1 Å². The molecule has 0 unspecified atom stereocenters. The molecule has 34 heavy (non-hydrogen) atoms. The lowest BCUT2D eigenvalue weighted by Crippen LogP contribution is -2.46. The second-order valence-corrected chi connectivity index (χ2v) is 13.0. The van der Waals surface area contributed by atoms with Crippen LogP contribution in [0.2, 0.25) is 12.1 Å². The van der Waals surface area contributed by atoms with Gasteiger partial charge in [0, 0.05) is 51.7 Å². The molecular weight excluding hydrogens is 474 g/mol. The van der Waals surface area contributed by atoms with E-state index in [0.717, 1.165) is 0 Å². The smallest absolute Gasteiger partial charge is 0.465 e. The molecule has 0 atom stereocenters. The Morgan fingerprint density at radius 3 is 1.21 bits per heavy atom. The first-order valence-corrected chi connectivity index (χ1v) is 16.6. The van der Waals surface area contributed by atoms with Crippen LogP contribution in [-0.4, -0.2) is 69.8 Å². The summed E-state index contributed by atoms with van der Waals surface area (Å²) in [5.41, 5.74) is -1.27. The first-order chi connectivity index (χ1) is 16.3. The maximum absolute atomic E-state index is 13.0. The van der Waals surface area contributed by atoms with Crippen LogP contribution in [0.4, 0.5) is 0 Å². The molecule has 0 bridgehead atoms. The number of carbonyl (C=O) groups excluding carboxylic acids is 1. The third-order valence-electron chi connectivity index (χ3n) is 5.24. The van der Waals surface area contributed by atoms with Gasteiger partial charge in [0.2, 0.25) is 0 Å². The monoisotopic (exact) mass is 521 g/mol. The minimum atomic E-state index is -2.87. The summed E-state index contributed by atoms with van der Waals surface area (Å²) < 4.78 is 40.9. The number of carbonyl (C=O) groups is 1. The minimum Gasteiger partial charge on any atom is -0.465 e. The molecule has 0 saturated carbocycles.